The number of aliphatic hydroxyl groups excluding tert-OH is 2. The number of hydrogen-bond donors (Lipinski definition) is 2. The van der Waals surface area contributed by atoms with Crippen molar-refractivity contribution in [3.8, 4) is 0 Å². The van der Waals surface area contributed by atoms with Gasteiger partial charge in [-0.2, -0.15) is 0 Å². The summed E-state index contributed by atoms with van der Waals surface area (Å²) < 4.78 is 5.57. The van der Waals surface area contributed by atoms with Crippen LogP contribution in [0.2, 0.25) is 0 Å². The summed E-state index contributed by atoms with van der Waals surface area (Å²) in [7, 11) is 0. The van der Waals surface area contributed by atoms with E-state index in [1.165, 1.54) is 18.1 Å². The van der Waals surface area contributed by atoms with E-state index in [2.05, 4.69) is 19.9 Å². The fourth-order valence-corrected chi connectivity index (χ4v) is 5.20. The number of ether oxygens (including phenoxy) is 1. The fraction of sp³-hybridized carbons (Fsp3) is 0.593. The van der Waals surface area contributed by atoms with Gasteiger partial charge in [0.25, 0.3) is 5.91 Å². The molecule has 2 aliphatic heterocycles. The summed E-state index contributed by atoms with van der Waals surface area (Å²) in [4.78, 5) is 42.7. The molecule has 2 aromatic rings. The van der Waals surface area contributed by atoms with E-state index in [9.17, 15) is 19.8 Å². The van der Waals surface area contributed by atoms with Crippen LogP contribution in [0.3, 0.4) is 0 Å². The number of aliphatic hydroxyl groups is 2. The highest BCUT2D eigenvalue weighted by molar-refractivity contribution is 5.94. The molecule has 0 radical (unpaired) electrons. The zero-order valence-corrected chi connectivity index (χ0v) is 21.5. The van der Waals surface area contributed by atoms with Crippen LogP contribution < -0.4 is 0 Å². The third kappa shape index (κ3) is 6.88. The molecule has 1 spiro atoms. The number of aryl methyl sites for hydroxylation is 1. The van der Waals surface area contributed by atoms with Crippen molar-refractivity contribution in [3.05, 3.63) is 53.9 Å². The molecule has 2 N–H and O–H groups in total. The number of esters is 1. The third-order valence-corrected chi connectivity index (χ3v) is 7.69. The minimum atomic E-state index is -1.22. The number of nitrogens with zero attached hydrogens (tertiary/aromatic N) is 5. The molecule has 4 rings (SSSR count). The van der Waals surface area contributed by atoms with Gasteiger partial charge in [-0.15, -0.1) is 0 Å². The summed E-state index contributed by atoms with van der Waals surface area (Å²) >= 11 is 0. The van der Waals surface area contributed by atoms with Crippen LogP contribution in [0.25, 0.3) is 0 Å². The first kappa shape index (κ1) is 27.1. The first-order valence-corrected chi connectivity index (χ1v) is 13.1. The summed E-state index contributed by atoms with van der Waals surface area (Å²) in [6.45, 7) is 4.59. The van der Waals surface area contributed by atoms with E-state index in [0.29, 0.717) is 43.5 Å². The van der Waals surface area contributed by atoms with E-state index in [4.69, 9.17) is 4.74 Å². The number of amides is 1. The van der Waals surface area contributed by atoms with Gasteiger partial charge < -0.3 is 19.8 Å². The van der Waals surface area contributed by atoms with Gasteiger partial charge in [-0.05, 0) is 69.8 Å². The number of aromatic nitrogens is 3. The van der Waals surface area contributed by atoms with Gasteiger partial charge in [0.15, 0.2) is 0 Å². The van der Waals surface area contributed by atoms with Gasteiger partial charge in [0, 0.05) is 38.2 Å². The molecule has 2 atom stereocenters. The predicted octanol–water partition coefficient (Wildman–Crippen LogP) is 1.74. The molecule has 0 aromatic carbocycles. The Kier molecular flexibility index (Phi) is 9.18. The zero-order valence-electron chi connectivity index (χ0n) is 21.5. The number of likely N-dealkylation sites (tertiary alicyclic amines) is 1. The molecule has 2 fully saturated rings. The molecule has 0 saturated carbocycles. The zero-order chi connectivity index (χ0) is 26.3. The Morgan fingerprint density at radius 3 is 2.54 bits per heavy atom. The van der Waals surface area contributed by atoms with Crippen LogP contribution in [0.4, 0.5) is 0 Å². The summed E-state index contributed by atoms with van der Waals surface area (Å²) in [6.07, 6.45) is 7.80. The number of rotatable bonds is 3. The lowest BCUT2D eigenvalue weighted by atomic mass is 9.74. The van der Waals surface area contributed by atoms with E-state index >= 15 is 0 Å². The number of piperidine rings is 1. The van der Waals surface area contributed by atoms with Crippen LogP contribution >= 0.6 is 0 Å². The van der Waals surface area contributed by atoms with Gasteiger partial charge >= 0.3 is 5.97 Å². The second-order valence-corrected chi connectivity index (χ2v) is 10.2. The fourth-order valence-electron chi connectivity index (χ4n) is 5.20. The molecule has 4 heterocycles. The maximum absolute atomic E-state index is 13.3. The molecule has 0 aliphatic carbocycles. The topological polar surface area (TPSA) is 129 Å². The van der Waals surface area contributed by atoms with Gasteiger partial charge in [-0.1, -0.05) is 6.42 Å². The number of pyridine rings is 1. The largest absolute Gasteiger partial charge is 0.462 e. The van der Waals surface area contributed by atoms with Crippen molar-refractivity contribution in [3.63, 3.8) is 0 Å². The molecule has 1 amide bonds. The molecule has 2 aromatic heterocycles. The lowest BCUT2D eigenvalue weighted by Crippen LogP contribution is -2.45. The summed E-state index contributed by atoms with van der Waals surface area (Å²) in [5.74, 6) is -0.493. The van der Waals surface area contributed by atoms with Crippen molar-refractivity contribution in [2.75, 3.05) is 32.8 Å². The average molecular weight is 512 g/mol. The minimum Gasteiger partial charge on any atom is -0.462 e. The Morgan fingerprint density at radius 1 is 1.05 bits per heavy atom. The number of cyclic esters (lactones) is 1. The van der Waals surface area contributed by atoms with Crippen LogP contribution in [0.1, 0.15) is 60.1 Å². The maximum atomic E-state index is 13.3. The maximum Gasteiger partial charge on any atom is 0.312 e. The van der Waals surface area contributed by atoms with E-state index < -0.39 is 17.6 Å². The van der Waals surface area contributed by atoms with Crippen molar-refractivity contribution >= 4 is 11.9 Å². The van der Waals surface area contributed by atoms with Crippen LogP contribution in [0, 0.1) is 12.3 Å². The Balaban J connectivity index is 1.44. The smallest absolute Gasteiger partial charge is 0.312 e. The summed E-state index contributed by atoms with van der Waals surface area (Å²) in [5, 5.41) is 21.0. The first-order chi connectivity index (χ1) is 17.9. The number of carbonyl (C=O) groups excluding carboxylic acids is 2. The molecule has 10 nitrogen and oxygen atoms in total. The lowest BCUT2D eigenvalue weighted by Gasteiger charge is -2.40. The first-order valence-electron chi connectivity index (χ1n) is 13.1. The molecule has 0 bridgehead atoms. The van der Waals surface area contributed by atoms with E-state index in [1.54, 1.807) is 24.2 Å². The van der Waals surface area contributed by atoms with Gasteiger partial charge in [-0.3, -0.25) is 19.5 Å². The van der Waals surface area contributed by atoms with Crippen molar-refractivity contribution in [1.82, 2.24) is 24.8 Å². The second kappa shape index (κ2) is 12.5. The second-order valence-electron chi connectivity index (χ2n) is 10.2. The van der Waals surface area contributed by atoms with E-state index in [1.807, 2.05) is 12.1 Å². The molecule has 200 valence electrons. The number of hydrogen-bond acceptors (Lipinski definition) is 9. The highest BCUT2D eigenvalue weighted by Crippen LogP contribution is 2.38. The lowest BCUT2D eigenvalue weighted by molar-refractivity contribution is -0.165. The molecular weight excluding hydrogens is 474 g/mol. The quantitative estimate of drug-likeness (QED) is 0.592. The van der Waals surface area contributed by atoms with Crippen LogP contribution in [0.15, 0.2) is 37.1 Å². The highest BCUT2D eigenvalue weighted by Gasteiger charge is 2.42. The average Bonchev–Trinajstić information content (AvgIpc) is 2.92. The minimum absolute atomic E-state index is 0.173. The third-order valence-electron chi connectivity index (χ3n) is 7.69. The molecule has 10 heteroatoms. The van der Waals surface area contributed by atoms with Crippen LogP contribution in [0.5, 0.6) is 0 Å². The van der Waals surface area contributed by atoms with Gasteiger partial charge in [0.1, 0.15) is 19.0 Å². The number of carbonyl (C=O) groups is 2. The molecule has 0 unspecified atom stereocenters. The molecule has 37 heavy (non-hydrogen) atoms. The van der Waals surface area contributed by atoms with E-state index in [0.717, 1.165) is 26.1 Å². The van der Waals surface area contributed by atoms with Gasteiger partial charge in [0.2, 0.25) is 0 Å². The SMILES string of the molecule is Cc1ncncc1C(=O)N1CCCCC2(CCN(Cc3ccncc3)CC2)C(=O)OC[C@@H](O)[C@@H](O)CC1. The van der Waals surface area contributed by atoms with Gasteiger partial charge in [-0.25, -0.2) is 9.97 Å². The summed E-state index contributed by atoms with van der Waals surface area (Å²) in [5.41, 5.74) is 1.58. The van der Waals surface area contributed by atoms with E-state index in [-0.39, 0.29) is 31.4 Å². The Labute approximate surface area is 217 Å². The standard InChI is InChI=1S/C27H37N5O5/c1-20-22(16-29-19-30-20)25(35)32-12-3-2-7-27(26(36)37-18-24(34)23(33)6-13-32)8-14-31(15-9-27)17-21-4-10-28-11-5-21/h4-5,10-11,16,19,23-24,33-34H,2-3,6-9,12-15,17-18H2,1H3/t23-,24+/m0/s1. The Hall–Kier alpha value is -2.95. The normalized spacial score (nSPS) is 24.0. The van der Waals surface area contributed by atoms with Crippen molar-refractivity contribution in [2.24, 2.45) is 5.41 Å². The Morgan fingerprint density at radius 2 is 1.81 bits per heavy atom. The van der Waals surface area contributed by atoms with Crippen molar-refractivity contribution < 1.29 is 24.5 Å². The molecule has 2 aliphatic rings. The van der Waals surface area contributed by atoms with Crippen LogP contribution in [-0.2, 0) is 16.1 Å². The molecule has 2 saturated heterocycles. The monoisotopic (exact) mass is 511 g/mol. The predicted molar refractivity (Wildman–Crippen MR) is 135 cm³/mol. The van der Waals surface area contributed by atoms with Crippen molar-refractivity contribution in [2.45, 2.75) is 64.2 Å². The van der Waals surface area contributed by atoms with Gasteiger partial charge in [0.05, 0.1) is 22.8 Å². The summed E-state index contributed by atoms with van der Waals surface area (Å²) in [6, 6.07) is 4.00. The molecular formula is C27H37N5O5. The van der Waals surface area contributed by atoms with Crippen molar-refractivity contribution in [1.29, 1.82) is 0 Å². The Bertz CT molecular complexity index is 1040. The van der Waals surface area contributed by atoms with Crippen LogP contribution in [-0.4, -0.2) is 91.8 Å². The highest BCUT2D eigenvalue weighted by atomic mass is 16.5.